The summed E-state index contributed by atoms with van der Waals surface area (Å²) in [6.45, 7) is 28.7. The second-order valence-electron chi connectivity index (χ2n) is 16.0. The molecule has 1 nitrogen and oxygen atoms in total. The van der Waals surface area contributed by atoms with Crippen LogP contribution < -0.4 is 20.8 Å². The molecule has 3 aromatic rings. The summed E-state index contributed by atoms with van der Waals surface area (Å²) in [7, 11) is -0.620. The van der Waals surface area contributed by atoms with Gasteiger partial charge in [-0.3, -0.25) is 0 Å². The molecule has 0 aliphatic carbocycles. The number of hydrogen-bond donors (Lipinski definition) is 0. The smallest absolute Gasteiger partial charge is 0.0467 e. The van der Waals surface area contributed by atoms with Gasteiger partial charge in [0.25, 0.3) is 0 Å². The van der Waals surface area contributed by atoms with Gasteiger partial charge in [-0.1, -0.05) is 143 Å². The normalized spacial score (nSPS) is 12.5. The number of hydrogen-bond acceptors (Lipinski definition) is 1. The van der Waals surface area contributed by atoms with Crippen molar-refractivity contribution in [2.75, 3.05) is 41.9 Å². The van der Waals surface area contributed by atoms with E-state index in [1.54, 1.807) is 15.9 Å². The van der Waals surface area contributed by atoms with Gasteiger partial charge >= 0.3 is 0 Å². The molecule has 3 rings (SSSR count). The van der Waals surface area contributed by atoms with Crippen LogP contribution >= 0.6 is 23.8 Å². The second-order valence-corrected chi connectivity index (χ2v) is 23.0. The van der Waals surface area contributed by atoms with Crippen molar-refractivity contribution in [1.82, 2.24) is 0 Å². The topological polar surface area (TPSA) is 3.24 Å². The van der Waals surface area contributed by atoms with Crippen molar-refractivity contribution in [3.63, 3.8) is 0 Å². The minimum Gasteiger partial charge on any atom is -0.310 e. The zero-order valence-corrected chi connectivity index (χ0v) is 34.1. The molecule has 46 heavy (non-hydrogen) atoms. The first-order valence-corrected chi connectivity index (χ1v) is 23.2. The fourth-order valence-electron chi connectivity index (χ4n) is 6.43. The predicted molar refractivity (Wildman–Crippen MR) is 219 cm³/mol. The van der Waals surface area contributed by atoms with Crippen LogP contribution in [-0.4, -0.2) is 37.0 Å². The van der Waals surface area contributed by atoms with E-state index in [2.05, 4.69) is 161 Å². The zero-order valence-electron chi connectivity index (χ0n) is 31.4. The van der Waals surface area contributed by atoms with Crippen LogP contribution in [-0.2, 0) is 0 Å². The molecule has 3 aromatic carbocycles. The molecule has 0 bridgehead atoms. The molecule has 0 amide bonds. The van der Waals surface area contributed by atoms with Crippen LogP contribution in [0.25, 0.3) is 0 Å². The number of nitrogens with zero attached hydrogens (tertiary/aromatic N) is 1. The Morgan fingerprint density at radius 1 is 0.370 bits per heavy atom. The van der Waals surface area contributed by atoms with Crippen LogP contribution in [0.15, 0.2) is 72.8 Å². The monoisotopic (exact) mass is 677 g/mol. The summed E-state index contributed by atoms with van der Waals surface area (Å²) < 4.78 is 0. The van der Waals surface area contributed by atoms with Gasteiger partial charge in [-0.15, -0.1) is 0 Å². The van der Waals surface area contributed by atoms with E-state index in [1.807, 2.05) is 0 Å². The molecule has 0 atom stereocenters. The molecular formula is C42H66NP3. The van der Waals surface area contributed by atoms with Crippen LogP contribution in [0.5, 0.6) is 0 Å². The van der Waals surface area contributed by atoms with Crippen LogP contribution in [0.1, 0.15) is 83.1 Å². The van der Waals surface area contributed by atoms with E-state index in [9.17, 15) is 0 Å². The summed E-state index contributed by atoms with van der Waals surface area (Å²) in [5.74, 6) is 4.25. The molecule has 0 radical (unpaired) electrons. The highest BCUT2D eigenvalue weighted by Gasteiger charge is 2.22. The molecule has 254 valence electrons. The summed E-state index contributed by atoms with van der Waals surface area (Å²) in [4.78, 5) is 2.59. The lowest BCUT2D eigenvalue weighted by Crippen LogP contribution is -2.19. The summed E-state index contributed by atoms with van der Waals surface area (Å²) >= 11 is 0. The van der Waals surface area contributed by atoms with Gasteiger partial charge in [0.1, 0.15) is 0 Å². The molecule has 0 heterocycles. The van der Waals surface area contributed by atoms with Gasteiger partial charge in [0.2, 0.25) is 0 Å². The van der Waals surface area contributed by atoms with Gasteiger partial charge in [0.15, 0.2) is 0 Å². The van der Waals surface area contributed by atoms with E-state index >= 15 is 0 Å². The Balaban J connectivity index is 2.22. The highest BCUT2D eigenvalue weighted by Crippen LogP contribution is 2.45. The third kappa shape index (κ3) is 12.7. The Hall–Kier alpha value is -1.25. The Labute approximate surface area is 289 Å². The highest BCUT2D eigenvalue weighted by atomic mass is 31.1. The van der Waals surface area contributed by atoms with Crippen molar-refractivity contribution in [1.29, 1.82) is 0 Å². The van der Waals surface area contributed by atoms with Crippen LogP contribution in [0.3, 0.4) is 0 Å². The van der Waals surface area contributed by atoms with Gasteiger partial charge in [0, 0.05) is 17.1 Å². The van der Waals surface area contributed by atoms with E-state index in [1.165, 1.54) is 54.0 Å². The highest BCUT2D eigenvalue weighted by molar-refractivity contribution is 7.66. The van der Waals surface area contributed by atoms with Crippen molar-refractivity contribution >= 4 is 56.7 Å². The zero-order chi connectivity index (χ0) is 34.0. The SMILES string of the molecule is CC(C)CP(CC(C)C)c1cccc(N(c2cccc(P(CC(C)C)CC(C)C)c2)c2cccc(P(CC(C)C)CC(C)C)c2)c1. The number of benzene rings is 3. The lowest BCUT2D eigenvalue weighted by molar-refractivity contribution is 0.721. The number of anilines is 3. The number of rotatable bonds is 18. The van der Waals surface area contributed by atoms with E-state index in [4.69, 9.17) is 0 Å². The first-order valence-electron chi connectivity index (χ1n) is 18.1. The quantitative estimate of drug-likeness (QED) is 0.121. The van der Waals surface area contributed by atoms with E-state index in [0.717, 1.165) is 0 Å². The molecule has 4 heteroatoms. The maximum absolute atomic E-state index is 2.59. The summed E-state index contributed by atoms with van der Waals surface area (Å²) in [6.07, 6.45) is 7.78. The summed E-state index contributed by atoms with van der Waals surface area (Å²) in [6, 6.07) is 29.0. The van der Waals surface area contributed by atoms with Gasteiger partial charge in [0.05, 0.1) is 0 Å². The van der Waals surface area contributed by atoms with E-state index in [-0.39, 0.29) is 23.8 Å². The molecule has 0 unspecified atom stereocenters. The maximum Gasteiger partial charge on any atom is 0.0467 e. The summed E-state index contributed by atoms with van der Waals surface area (Å²) in [5, 5.41) is 4.66. The van der Waals surface area contributed by atoms with Gasteiger partial charge in [-0.2, -0.15) is 0 Å². The third-order valence-electron chi connectivity index (χ3n) is 7.87. The van der Waals surface area contributed by atoms with Crippen LogP contribution in [0.2, 0.25) is 0 Å². The fraction of sp³-hybridized carbons (Fsp3) is 0.571. The molecule has 0 fully saturated rings. The van der Waals surface area contributed by atoms with E-state index in [0.29, 0.717) is 35.5 Å². The largest absolute Gasteiger partial charge is 0.310 e. The molecule has 0 aromatic heterocycles. The molecule has 0 aliphatic rings. The first-order chi connectivity index (χ1) is 21.7. The molecule has 0 saturated heterocycles. The molecule has 0 saturated carbocycles. The second kappa shape index (κ2) is 19.1. The van der Waals surface area contributed by atoms with Gasteiger partial charge in [-0.25, -0.2) is 0 Å². The van der Waals surface area contributed by atoms with Crippen molar-refractivity contribution in [2.24, 2.45) is 35.5 Å². The molecule has 0 spiro atoms. The Bertz CT molecular complexity index is 1120. The first kappa shape index (κ1) is 39.2. The Morgan fingerprint density at radius 3 is 0.783 bits per heavy atom. The lowest BCUT2D eigenvalue weighted by Gasteiger charge is -2.30. The lowest BCUT2D eigenvalue weighted by atomic mass is 10.2. The minimum absolute atomic E-state index is 0.207. The van der Waals surface area contributed by atoms with Crippen molar-refractivity contribution in [2.45, 2.75) is 83.1 Å². The Morgan fingerprint density at radius 2 is 0.587 bits per heavy atom. The van der Waals surface area contributed by atoms with Gasteiger partial charge < -0.3 is 4.90 Å². The summed E-state index contributed by atoms with van der Waals surface area (Å²) in [5.41, 5.74) is 3.92. The van der Waals surface area contributed by atoms with Crippen molar-refractivity contribution in [3.05, 3.63) is 72.8 Å². The van der Waals surface area contributed by atoms with Crippen molar-refractivity contribution < 1.29 is 0 Å². The predicted octanol–water partition coefficient (Wildman–Crippen LogP) is 12.4. The third-order valence-corrected chi connectivity index (χ3v) is 17.9. The average molecular weight is 678 g/mol. The van der Waals surface area contributed by atoms with Crippen LogP contribution in [0.4, 0.5) is 17.1 Å². The van der Waals surface area contributed by atoms with Crippen LogP contribution in [0, 0.1) is 35.5 Å². The molecular weight excluding hydrogens is 611 g/mol. The molecule has 0 aliphatic heterocycles. The standard InChI is InChI=1S/C42H66NP3/c1-31(2)25-44(26-32(3)4)40-19-13-16-37(22-40)43(38-17-14-20-41(23-38)45(27-33(5)6)28-34(7)8)39-18-15-21-42(24-39)46(29-35(9)10)30-36(11)12/h13-24,31-36H,25-30H2,1-12H3. The van der Waals surface area contributed by atoms with Crippen molar-refractivity contribution in [3.8, 4) is 0 Å². The van der Waals surface area contributed by atoms with E-state index < -0.39 is 0 Å². The van der Waals surface area contributed by atoms with Gasteiger partial charge in [-0.05, 0) is 125 Å². The average Bonchev–Trinajstić information content (AvgIpc) is 2.95. The maximum atomic E-state index is 2.59. The minimum atomic E-state index is -0.207. The molecule has 0 N–H and O–H groups in total. The Kier molecular flexibility index (Phi) is 16.2. The fourth-order valence-corrected chi connectivity index (χ4v) is 15.3.